The van der Waals surface area contributed by atoms with Gasteiger partial charge in [0.2, 0.25) is 5.43 Å². The van der Waals surface area contributed by atoms with Crippen molar-refractivity contribution in [2.24, 2.45) is 0 Å². The molecule has 2 aromatic rings. The molecule has 0 radical (unpaired) electrons. The summed E-state index contributed by atoms with van der Waals surface area (Å²) in [7, 11) is 1.18. The SMILES string of the molecule is COC(=O)c1c[nH]c2c(Cl)cc(Cl)c(Cl)c2c1=O. The molecule has 0 fully saturated rings. The van der Waals surface area contributed by atoms with Crippen LogP contribution in [0, 0.1) is 0 Å². The summed E-state index contributed by atoms with van der Waals surface area (Å²) in [6.07, 6.45) is 1.23. The molecular weight excluding hydrogens is 300 g/mol. The zero-order chi connectivity index (χ0) is 13.4. The summed E-state index contributed by atoms with van der Waals surface area (Å²) in [5.74, 6) is -0.759. The van der Waals surface area contributed by atoms with Crippen molar-refractivity contribution in [2.75, 3.05) is 7.11 Å². The maximum atomic E-state index is 12.1. The highest BCUT2D eigenvalue weighted by Gasteiger charge is 2.18. The Morgan fingerprint density at radius 3 is 2.56 bits per heavy atom. The quantitative estimate of drug-likeness (QED) is 0.650. The van der Waals surface area contributed by atoms with Crippen LogP contribution in [0.4, 0.5) is 0 Å². The van der Waals surface area contributed by atoms with E-state index in [-0.39, 0.29) is 26.0 Å². The molecule has 1 heterocycles. The third kappa shape index (κ3) is 1.96. The Labute approximate surface area is 116 Å². The lowest BCUT2D eigenvalue weighted by atomic mass is 10.1. The zero-order valence-electron chi connectivity index (χ0n) is 9.01. The number of fused-ring (bicyclic) bond motifs is 1. The number of ether oxygens (including phenoxy) is 1. The first-order valence-electron chi connectivity index (χ1n) is 4.74. The average Bonchev–Trinajstić information content (AvgIpc) is 2.35. The van der Waals surface area contributed by atoms with Gasteiger partial charge in [0.25, 0.3) is 0 Å². The number of methoxy groups -OCH3 is 1. The molecule has 0 atom stereocenters. The summed E-state index contributed by atoms with van der Waals surface area (Å²) < 4.78 is 4.50. The number of hydrogen-bond acceptors (Lipinski definition) is 3. The van der Waals surface area contributed by atoms with Crippen LogP contribution in [0.25, 0.3) is 10.9 Å². The molecule has 0 aliphatic rings. The topological polar surface area (TPSA) is 59.2 Å². The van der Waals surface area contributed by atoms with Crippen LogP contribution in [-0.2, 0) is 4.74 Å². The van der Waals surface area contributed by atoms with Gasteiger partial charge in [-0.25, -0.2) is 4.79 Å². The lowest BCUT2D eigenvalue weighted by Gasteiger charge is -2.06. The van der Waals surface area contributed by atoms with E-state index >= 15 is 0 Å². The molecule has 1 aromatic carbocycles. The van der Waals surface area contributed by atoms with Crippen molar-refractivity contribution >= 4 is 51.7 Å². The van der Waals surface area contributed by atoms with Gasteiger partial charge < -0.3 is 9.72 Å². The molecule has 0 saturated heterocycles. The first kappa shape index (κ1) is 13.2. The van der Waals surface area contributed by atoms with Gasteiger partial charge in [0, 0.05) is 6.20 Å². The number of nitrogens with one attached hydrogen (secondary N) is 1. The minimum atomic E-state index is -0.759. The van der Waals surface area contributed by atoms with Crippen LogP contribution >= 0.6 is 34.8 Å². The summed E-state index contributed by atoms with van der Waals surface area (Å²) in [5.41, 5.74) is -0.418. The Hall–Kier alpha value is -1.23. The number of hydrogen-bond donors (Lipinski definition) is 1. The molecule has 18 heavy (non-hydrogen) atoms. The predicted molar refractivity (Wildman–Crippen MR) is 70.9 cm³/mol. The van der Waals surface area contributed by atoms with Gasteiger partial charge in [0.05, 0.1) is 33.1 Å². The van der Waals surface area contributed by atoms with Gasteiger partial charge in [-0.1, -0.05) is 34.8 Å². The molecule has 0 spiro atoms. The summed E-state index contributed by atoms with van der Waals surface area (Å²) in [6.45, 7) is 0. The number of carbonyl (C=O) groups excluding carboxylic acids is 1. The van der Waals surface area contributed by atoms with Crippen LogP contribution < -0.4 is 5.43 Å². The summed E-state index contributed by atoms with van der Waals surface area (Å²) >= 11 is 17.7. The number of halogens is 3. The molecule has 1 aromatic heterocycles. The van der Waals surface area contributed by atoms with E-state index in [9.17, 15) is 9.59 Å². The lowest BCUT2D eigenvalue weighted by molar-refractivity contribution is 0.0599. The second-order valence-electron chi connectivity index (χ2n) is 3.43. The van der Waals surface area contributed by atoms with Crippen molar-refractivity contribution in [3.8, 4) is 0 Å². The number of pyridine rings is 1. The average molecular weight is 307 g/mol. The van der Waals surface area contributed by atoms with Gasteiger partial charge in [-0.3, -0.25) is 4.79 Å². The van der Waals surface area contributed by atoms with E-state index in [1.165, 1.54) is 19.4 Å². The number of benzene rings is 1. The van der Waals surface area contributed by atoms with Gasteiger partial charge in [0.15, 0.2) is 0 Å². The van der Waals surface area contributed by atoms with E-state index in [4.69, 9.17) is 34.8 Å². The Bertz CT molecular complexity index is 709. The predicted octanol–water partition coefficient (Wildman–Crippen LogP) is 3.27. The van der Waals surface area contributed by atoms with E-state index < -0.39 is 11.4 Å². The van der Waals surface area contributed by atoms with Crippen LogP contribution in [0.1, 0.15) is 10.4 Å². The second-order valence-corrected chi connectivity index (χ2v) is 4.62. The molecule has 2 rings (SSSR count). The van der Waals surface area contributed by atoms with Gasteiger partial charge >= 0.3 is 5.97 Å². The Kier molecular flexibility index (Phi) is 3.52. The molecule has 1 N–H and O–H groups in total. The zero-order valence-corrected chi connectivity index (χ0v) is 11.3. The number of aromatic amines is 1. The van der Waals surface area contributed by atoms with Crippen molar-refractivity contribution in [3.05, 3.63) is 43.1 Å². The van der Waals surface area contributed by atoms with E-state index in [1.807, 2.05) is 0 Å². The fourth-order valence-electron chi connectivity index (χ4n) is 1.56. The van der Waals surface area contributed by atoms with Crippen LogP contribution in [0.5, 0.6) is 0 Å². The largest absolute Gasteiger partial charge is 0.465 e. The van der Waals surface area contributed by atoms with E-state index in [0.29, 0.717) is 5.52 Å². The van der Waals surface area contributed by atoms with Gasteiger partial charge in [-0.15, -0.1) is 0 Å². The number of carbonyl (C=O) groups is 1. The minimum absolute atomic E-state index is 0.0445. The van der Waals surface area contributed by atoms with Crippen molar-refractivity contribution in [1.29, 1.82) is 0 Å². The fourth-order valence-corrected chi connectivity index (χ4v) is 2.31. The molecule has 0 saturated carbocycles. The van der Waals surface area contributed by atoms with Crippen LogP contribution in [0.3, 0.4) is 0 Å². The molecule has 0 amide bonds. The highest BCUT2D eigenvalue weighted by Crippen LogP contribution is 2.33. The molecule has 0 bridgehead atoms. The fraction of sp³-hybridized carbons (Fsp3) is 0.0909. The van der Waals surface area contributed by atoms with E-state index in [0.717, 1.165) is 0 Å². The number of esters is 1. The normalized spacial score (nSPS) is 10.7. The van der Waals surface area contributed by atoms with Gasteiger partial charge in [-0.2, -0.15) is 0 Å². The van der Waals surface area contributed by atoms with Crippen molar-refractivity contribution < 1.29 is 9.53 Å². The molecule has 0 aliphatic heterocycles. The third-order valence-corrected chi connectivity index (χ3v) is 3.49. The van der Waals surface area contributed by atoms with E-state index in [2.05, 4.69) is 9.72 Å². The number of H-pyrrole nitrogens is 1. The molecule has 0 unspecified atom stereocenters. The van der Waals surface area contributed by atoms with Crippen molar-refractivity contribution in [1.82, 2.24) is 4.98 Å². The molecular formula is C11H6Cl3NO3. The standard InChI is InChI=1S/C11H6Cl3NO3/c1-18-11(17)4-3-15-9-6(13)2-5(12)8(14)7(9)10(4)16/h2-3H,1H3,(H,15,16). The third-order valence-electron chi connectivity index (χ3n) is 2.41. The second kappa shape index (κ2) is 4.80. The summed E-state index contributed by atoms with van der Waals surface area (Å²) in [6, 6.07) is 1.42. The van der Waals surface area contributed by atoms with Crippen molar-refractivity contribution in [2.45, 2.75) is 0 Å². The van der Waals surface area contributed by atoms with E-state index in [1.54, 1.807) is 0 Å². The van der Waals surface area contributed by atoms with Crippen LogP contribution in [0.2, 0.25) is 15.1 Å². The van der Waals surface area contributed by atoms with Crippen LogP contribution in [0.15, 0.2) is 17.1 Å². The number of aromatic nitrogens is 1. The van der Waals surface area contributed by atoms with Gasteiger partial charge in [0.1, 0.15) is 5.56 Å². The van der Waals surface area contributed by atoms with Crippen LogP contribution in [-0.4, -0.2) is 18.1 Å². The molecule has 0 aliphatic carbocycles. The lowest BCUT2D eigenvalue weighted by Crippen LogP contribution is -2.17. The maximum absolute atomic E-state index is 12.1. The minimum Gasteiger partial charge on any atom is -0.465 e. The maximum Gasteiger partial charge on any atom is 0.343 e. The highest BCUT2D eigenvalue weighted by atomic mass is 35.5. The highest BCUT2D eigenvalue weighted by molar-refractivity contribution is 6.47. The molecule has 94 valence electrons. The summed E-state index contributed by atoms with van der Waals surface area (Å²) in [4.78, 5) is 26.3. The molecule has 7 heteroatoms. The monoisotopic (exact) mass is 305 g/mol. The molecule has 4 nitrogen and oxygen atoms in total. The first-order chi connectivity index (χ1) is 8.47. The smallest absolute Gasteiger partial charge is 0.343 e. The number of rotatable bonds is 1. The summed E-state index contributed by atoms with van der Waals surface area (Å²) in [5, 5.41) is 0.495. The van der Waals surface area contributed by atoms with Crippen molar-refractivity contribution in [3.63, 3.8) is 0 Å². The Balaban J connectivity index is 2.94. The van der Waals surface area contributed by atoms with Gasteiger partial charge in [-0.05, 0) is 6.07 Å². The Morgan fingerprint density at radius 2 is 1.94 bits per heavy atom. The first-order valence-corrected chi connectivity index (χ1v) is 5.88. The Morgan fingerprint density at radius 1 is 1.28 bits per heavy atom.